The Kier molecular flexibility index (Phi) is 5.22. The fraction of sp³-hybridized carbons (Fsp3) is 0.692. The molecule has 1 fully saturated rings. The Morgan fingerprint density at radius 2 is 1.81 bits per heavy atom. The van der Waals surface area contributed by atoms with Crippen LogP contribution in [-0.4, -0.2) is 16.5 Å². The quantitative estimate of drug-likeness (QED) is 0.575. The first-order valence-electron chi connectivity index (χ1n) is 7.16. The fourth-order valence-electron chi connectivity index (χ4n) is 2.62. The average molecular weight is 303 g/mol. The molecule has 8 heteroatoms. The van der Waals surface area contributed by atoms with Gasteiger partial charge in [0.15, 0.2) is 0 Å². The third-order valence-corrected chi connectivity index (χ3v) is 3.71. The minimum absolute atomic E-state index is 0.0579. The zero-order chi connectivity index (χ0) is 15.3. The maximum absolute atomic E-state index is 12.7. The van der Waals surface area contributed by atoms with Crippen molar-refractivity contribution in [2.45, 2.75) is 44.7 Å². The van der Waals surface area contributed by atoms with Gasteiger partial charge in [0.05, 0.1) is 0 Å². The Morgan fingerprint density at radius 3 is 2.43 bits per heavy atom. The standard InChI is InChI=1S/C13H20F3N5/c14-13(15,16)12-19-10(8-11(20-12)21-17)18-7-6-9-4-2-1-3-5-9/h8-9H,1-7,17H2,(H2,18,19,20,21). The van der Waals surface area contributed by atoms with Gasteiger partial charge in [0, 0.05) is 12.6 Å². The lowest BCUT2D eigenvalue weighted by molar-refractivity contribution is -0.144. The molecule has 1 saturated carbocycles. The van der Waals surface area contributed by atoms with E-state index >= 15 is 0 Å². The van der Waals surface area contributed by atoms with Crippen molar-refractivity contribution in [2.75, 3.05) is 17.3 Å². The summed E-state index contributed by atoms with van der Waals surface area (Å²) in [5, 5.41) is 2.93. The number of nitrogens with zero attached hydrogens (tertiary/aromatic N) is 2. The van der Waals surface area contributed by atoms with Crippen molar-refractivity contribution in [2.24, 2.45) is 11.8 Å². The van der Waals surface area contributed by atoms with E-state index in [4.69, 9.17) is 5.84 Å². The molecule has 0 spiro atoms. The number of hydrogen-bond acceptors (Lipinski definition) is 5. The summed E-state index contributed by atoms with van der Waals surface area (Å²) in [5.74, 6) is 4.68. The van der Waals surface area contributed by atoms with Crippen LogP contribution in [-0.2, 0) is 6.18 Å². The van der Waals surface area contributed by atoms with Crippen LogP contribution in [0.15, 0.2) is 6.07 Å². The molecular weight excluding hydrogens is 283 g/mol. The smallest absolute Gasteiger partial charge is 0.370 e. The van der Waals surface area contributed by atoms with Gasteiger partial charge in [0.2, 0.25) is 5.82 Å². The summed E-state index contributed by atoms with van der Waals surface area (Å²) >= 11 is 0. The second-order valence-corrected chi connectivity index (χ2v) is 5.32. The van der Waals surface area contributed by atoms with Crippen molar-refractivity contribution >= 4 is 11.6 Å². The number of nitrogen functional groups attached to an aromatic ring is 1. The predicted octanol–water partition coefficient (Wildman–Crippen LogP) is 3.16. The second kappa shape index (κ2) is 6.93. The molecule has 1 aromatic rings. The minimum Gasteiger partial charge on any atom is -0.370 e. The van der Waals surface area contributed by atoms with Gasteiger partial charge in [-0.25, -0.2) is 15.8 Å². The molecule has 0 atom stereocenters. The normalized spacial score (nSPS) is 16.8. The maximum atomic E-state index is 12.7. The van der Waals surface area contributed by atoms with Gasteiger partial charge in [-0.1, -0.05) is 32.1 Å². The van der Waals surface area contributed by atoms with Crippen LogP contribution in [0.25, 0.3) is 0 Å². The van der Waals surface area contributed by atoms with E-state index in [0.717, 1.165) is 6.42 Å². The summed E-state index contributed by atoms with van der Waals surface area (Å²) in [4.78, 5) is 6.80. The van der Waals surface area contributed by atoms with Gasteiger partial charge in [-0.05, 0) is 12.3 Å². The average Bonchev–Trinajstić information content (AvgIpc) is 2.47. The lowest BCUT2D eigenvalue weighted by atomic mass is 9.87. The molecule has 0 amide bonds. The number of hydrogen-bond donors (Lipinski definition) is 3. The fourth-order valence-corrected chi connectivity index (χ4v) is 2.62. The van der Waals surface area contributed by atoms with Crippen molar-refractivity contribution in [3.63, 3.8) is 0 Å². The Balaban J connectivity index is 1.95. The van der Waals surface area contributed by atoms with Gasteiger partial charge in [-0.2, -0.15) is 13.2 Å². The molecule has 21 heavy (non-hydrogen) atoms. The summed E-state index contributed by atoms with van der Waals surface area (Å²) in [6, 6.07) is 1.37. The Hall–Kier alpha value is -1.57. The van der Waals surface area contributed by atoms with E-state index in [2.05, 4.69) is 20.7 Å². The zero-order valence-electron chi connectivity index (χ0n) is 11.7. The van der Waals surface area contributed by atoms with Crippen LogP contribution >= 0.6 is 0 Å². The summed E-state index contributed by atoms with van der Waals surface area (Å²) in [7, 11) is 0. The van der Waals surface area contributed by atoms with Crippen LogP contribution in [0.2, 0.25) is 0 Å². The topological polar surface area (TPSA) is 75.9 Å². The van der Waals surface area contributed by atoms with Crippen LogP contribution in [0.4, 0.5) is 24.8 Å². The maximum Gasteiger partial charge on any atom is 0.451 e. The third kappa shape index (κ3) is 4.73. The Labute approximate surface area is 121 Å². The molecule has 0 unspecified atom stereocenters. The third-order valence-electron chi connectivity index (χ3n) is 3.71. The lowest BCUT2D eigenvalue weighted by Crippen LogP contribution is -2.18. The first-order valence-corrected chi connectivity index (χ1v) is 7.16. The molecule has 0 aliphatic heterocycles. The Morgan fingerprint density at radius 1 is 1.14 bits per heavy atom. The molecule has 2 rings (SSSR count). The highest BCUT2D eigenvalue weighted by Crippen LogP contribution is 2.29. The number of nitrogens with two attached hydrogens (primary N) is 1. The molecule has 0 radical (unpaired) electrons. The van der Waals surface area contributed by atoms with Crippen molar-refractivity contribution in [1.82, 2.24) is 9.97 Å². The van der Waals surface area contributed by atoms with E-state index < -0.39 is 12.0 Å². The van der Waals surface area contributed by atoms with Crippen LogP contribution in [0.1, 0.15) is 44.3 Å². The van der Waals surface area contributed by atoms with E-state index in [-0.39, 0.29) is 11.6 Å². The highest BCUT2D eigenvalue weighted by atomic mass is 19.4. The molecule has 0 bridgehead atoms. The molecular formula is C13H20F3N5. The van der Waals surface area contributed by atoms with Crippen molar-refractivity contribution in [3.8, 4) is 0 Å². The molecule has 1 aliphatic carbocycles. The monoisotopic (exact) mass is 303 g/mol. The molecule has 0 aromatic carbocycles. The van der Waals surface area contributed by atoms with Gasteiger partial charge in [0.25, 0.3) is 0 Å². The molecule has 0 saturated heterocycles. The highest BCUT2D eigenvalue weighted by Gasteiger charge is 2.35. The molecule has 5 nitrogen and oxygen atoms in total. The summed E-state index contributed by atoms with van der Waals surface area (Å²) < 4.78 is 38.0. The number of alkyl halides is 3. The lowest BCUT2D eigenvalue weighted by Gasteiger charge is -2.21. The van der Waals surface area contributed by atoms with Gasteiger partial charge < -0.3 is 10.7 Å². The molecule has 1 aliphatic rings. The zero-order valence-corrected chi connectivity index (χ0v) is 11.7. The molecule has 1 heterocycles. The number of anilines is 2. The van der Waals surface area contributed by atoms with Gasteiger partial charge in [0.1, 0.15) is 11.6 Å². The predicted molar refractivity (Wildman–Crippen MR) is 74.5 cm³/mol. The van der Waals surface area contributed by atoms with E-state index in [1.54, 1.807) is 0 Å². The largest absolute Gasteiger partial charge is 0.451 e. The van der Waals surface area contributed by atoms with E-state index in [1.807, 2.05) is 0 Å². The molecule has 118 valence electrons. The number of halogens is 3. The molecule has 1 aromatic heterocycles. The van der Waals surface area contributed by atoms with Crippen LogP contribution < -0.4 is 16.6 Å². The summed E-state index contributed by atoms with van der Waals surface area (Å²) in [6.07, 6.45) is 2.54. The number of nitrogens with one attached hydrogen (secondary N) is 2. The van der Waals surface area contributed by atoms with E-state index in [1.165, 1.54) is 38.2 Å². The van der Waals surface area contributed by atoms with Crippen molar-refractivity contribution in [1.29, 1.82) is 0 Å². The summed E-state index contributed by atoms with van der Waals surface area (Å²) in [6.45, 7) is 0.600. The highest BCUT2D eigenvalue weighted by molar-refractivity contribution is 5.47. The second-order valence-electron chi connectivity index (χ2n) is 5.32. The molecule has 4 N–H and O–H groups in total. The summed E-state index contributed by atoms with van der Waals surface area (Å²) in [5.41, 5.74) is 2.13. The first kappa shape index (κ1) is 15.8. The Bertz CT molecular complexity index is 458. The van der Waals surface area contributed by atoms with Gasteiger partial charge in [-0.15, -0.1) is 0 Å². The van der Waals surface area contributed by atoms with Crippen LogP contribution in [0, 0.1) is 5.92 Å². The van der Waals surface area contributed by atoms with Crippen molar-refractivity contribution in [3.05, 3.63) is 11.9 Å². The van der Waals surface area contributed by atoms with E-state index in [9.17, 15) is 13.2 Å². The number of rotatable bonds is 5. The van der Waals surface area contributed by atoms with Crippen LogP contribution in [0.3, 0.4) is 0 Å². The number of aromatic nitrogens is 2. The van der Waals surface area contributed by atoms with E-state index in [0.29, 0.717) is 12.5 Å². The van der Waals surface area contributed by atoms with Gasteiger partial charge >= 0.3 is 6.18 Å². The SMILES string of the molecule is NNc1cc(NCCC2CCCCC2)nc(C(F)(F)F)n1. The number of hydrazine groups is 1. The van der Waals surface area contributed by atoms with Crippen molar-refractivity contribution < 1.29 is 13.2 Å². The first-order chi connectivity index (χ1) is 9.99. The minimum atomic E-state index is -4.59. The van der Waals surface area contributed by atoms with Gasteiger partial charge in [-0.3, -0.25) is 0 Å². The van der Waals surface area contributed by atoms with Crippen LogP contribution in [0.5, 0.6) is 0 Å².